The summed E-state index contributed by atoms with van der Waals surface area (Å²) in [7, 11) is 1.77. The molecule has 2 rings (SSSR count). The molecule has 0 atom stereocenters. The van der Waals surface area contributed by atoms with Crippen molar-refractivity contribution in [2.45, 2.75) is 39.3 Å². The second-order valence-electron chi connectivity index (χ2n) is 5.67. The first kappa shape index (κ1) is 18.5. The first-order valence-corrected chi connectivity index (χ1v) is 9.06. The zero-order chi connectivity index (χ0) is 17.2. The molecule has 0 saturated heterocycles. The summed E-state index contributed by atoms with van der Waals surface area (Å²) in [6, 6.07) is 3.77. The molecule has 0 spiro atoms. The highest BCUT2D eigenvalue weighted by Crippen LogP contribution is 2.18. The summed E-state index contributed by atoms with van der Waals surface area (Å²) < 4.78 is 10.8. The fourth-order valence-electron chi connectivity index (χ4n) is 2.01. The summed E-state index contributed by atoms with van der Waals surface area (Å²) in [5.74, 6) is 2.10. The molecule has 0 radical (unpaired) electrons. The predicted molar refractivity (Wildman–Crippen MR) is 97.4 cm³/mol. The summed E-state index contributed by atoms with van der Waals surface area (Å²) in [5, 5.41) is 9.82. The van der Waals surface area contributed by atoms with Crippen LogP contribution >= 0.6 is 11.3 Å². The van der Waals surface area contributed by atoms with E-state index in [2.05, 4.69) is 39.8 Å². The number of guanidine groups is 1. The van der Waals surface area contributed by atoms with Gasteiger partial charge in [0.15, 0.2) is 5.96 Å². The maximum absolute atomic E-state index is 5.55. The van der Waals surface area contributed by atoms with E-state index in [1.54, 1.807) is 24.6 Å². The molecule has 24 heavy (non-hydrogen) atoms. The van der Waals surface area contributed by atoms with Gasteiger partial charge in [-0.15, -0.1) is 11.3 Å². The van der Waals surface area contributed by atoms with Crippen LogP contribution in [-0.4, -0.2) is 31.1 Å². The summed E-state index contributed by atoms with van der Waals surface area (Å²) in [5.41, 5.74) is 1.05. The molecule has 2 aromatic rings. The molecule has 0 aromatic carbocycles. The maximum atomic E-state index is 5.55. The highest BCUT2D eigenvalue weighted by Gasteiger charge is 2.06. The van der Waals surface area contributed by atoms with E-state index in [4.69, 9.17) is 9.15 Å². The van der Waals surface area contributed by atoms with Gasteiger partial charge in [-0.1, -0.05) is 13.8 Å². The Kier molecular flexibility index (Phi) is 7.77. The number of furan rings is 1. The smallest absolute Gasteiger partial charge is 0.191 e. The summed E-state index contributed by atoms with van der Waals surface area (Å²) in [6.45, 7) is 6.98. The number of thiazole rings is 1. The van der Waals surface area contributed by atoms with Crippen LogP contribution in [0.25, 0.3) is 0 Å². The molecule has 0 fully saturated rings. The minimum absolute atomic E-state index is 0.474. The van der Waals surface area contributed by atoms with Gasteiger partial charge in [0.05, 0.1) is 23.5 Å². The Hall–Kier alpha value is -1.86. The molecule has 0 bridgehead atoms. The van der Waals surface area contributed by atoms with Gasteiger partial charge in [-0.25, -0.2) is 4.98 Å². The lowest BCUT2D eigenvalue weighted by Crippen LogP contribution is -2.37. The summed E-state index contributed by atoms with van der Waals surface area (Å²) >= 11 is 1.71. The van der Waals surface area contributed by atoms with Crippen LogP contribution in [-0.2, 0) is 17.9 Å². The van der Waals surface area contributed by atoms with Crippen molar-refractivity contribution in [3.8, 4) is 0 Å². The minimum Gasteiger partial charge on any atom is -0.467 e. The van der Waals surface area contributed by atoms with Crippen LogP contribution in [0.4, 0.5) is 0 Å². The Bertz CT molecular complexity index is 608. The van der Waals surface area contributed by atoms with Crippen LogP contribution in [0.2, 0.25) is 0 Å². The number of ether oxygens (including phenoxy) is 1. The van der Waals surface area contributed by atoms with Gasteiger partial charge in [-0.3, -0.25) is 4.99 Å². The van der Waals surface area contributed by atoms with Crippen molar-refractivity contribution in [3.63, 3.8) is 0 Å². The van der Waals surface area contributed by atoms with Crippen LogP contribution < -0.4 is 10.6 Å². The fourth-order valence-corrected chi connectivity index (χ4v) is 2.85. The Morgan fingerprint density at radius 2 is 2.29 bits per heavy atom. The van der Waals surface area contributed by atoms with Crippen molar-refractivity contribution >= 4 is 17.3 Å². The number of nitrogens with one attached hydrogen (secondary N) is 2. The van der Waals surface area contributed by atoms with E-state index < -0.39 is 0 Å². The number of aliphatic imine (C=N–C) groups is 1. The SMILES string of the molecule is CN=C(NCCCOCc1ccco1)NCc1csc(C(C)C)n1. The van der Waals surface area contributed by atoms with Crippen molar-refractivity contribution in [2.24, 2.45) is 4.99 Å². The lowest BCUT2D eigenvalue weighted by molar-refractivity contribution is 0.105. The molecule has 0 aliphatic heterocycles. The zero-order valence-corrected chi connectivity index (χ0v) is 15.4. The average molecular weight is 350 g/mol. The number of hydrogen-bond acceptors (Lipinski definition) is 5. The van der Waals surface area contributed by atoms with E-state index in [0.717, 1.165) is 30.4 Å². The van der Waals surface area contributed by atoms with Crippen molar-refractivity contribution in [1.29, 1.82) is 0 Å². The number of nitrogens with zero attached hydrogens (tertiary/aromatic N) is 2. The van der Waals surface area contributed by atoms with Gasteiger partial charge in [-0.05, 0) is 18.6 Å². The van der Waals surface area contributed by atoms with Crippen molar-refractivity contribution in [1.82, 2.24) is 15.6 Å². The summed E-state index contributed by atoms with van der Waals surface area (Å²) in [6.07, 6.45) is 2.55. The normalized spacial score (nSPS) is 11.9. The quantitative estimate of drug-likeness (QED) is 0.413. The lowest BCUT2D eigenvalue weighted by atomic mass is 10.2. The number of rotatable bonds is 9. The van der Waals surface area contributed by atoms with E-state index in [0.29, 0.717) is 25.7 Å². The van der Waals surface area contributed by atoms with Gasteiger partial charge < -0.3 is 19.8 Å². The van der Waals surface area contributed by atoms with E-state index in [-0.39, 0.29) is 0 Å². The molecular formula is C17H26N4O2S. The first-order valence-electron chi connectivity index (χ1n) is 8.18. The Morgan fingerprint density at radius 3 is 2.96 bits per heavy atom. The third-order valence-corrected chi connectivity index (χ3v) is 4.50. The van der Waals surface area contributed by atoms with Crippen LogP contribution in [0, 0.1) is 0 Å². The predicted octanol–water partition coefficient (Wildman–Crippen LogP) is 3.13. The second kappa shape index (κ2) is 10.1. The Morgan fingerprint density at radius 1 is 1.42 bits per heavy atom. The molecule has 2 heterocycles. The Labute approximate surface area is 147 Å². The summed E-state index contributed by atoms with van der Waals surface area (Å²) in [4.78, 5) is 8.82. The molecule has 0 saturated carbocycles. The third kappa shape index (κ3) is 6.33. The molecule has 0 aliphatic rings. The van der Waals surface area contributed by atoms with Crippen molar-refractivity contribution in [2.75, 3.05) is 20.2 Å². The van der Waals surface area contributed by atoms with E-state index in [9.17, 15) is 0 Å². The standard InChI is InChI=1S/C17H26N4O2S/c1-13(2)16-21-14(12-24-16)10-20-17(18-3)19-7-5-8-22-11-15-6-4-9-23-15/h4,6,9,12-13H,5,7-8,10-11H2,1-3H3,(H2,18,19,20). The van der Waals surface area contributed by atoms with Crippen molar-refractivity contribution < 1.29 is 9.15 Å². The van der Waals surface area contributed by atoms with Gasteiger partial charge in [-0.2, -0.15) is 0 Å². The zero-order valence-electron chi connectivity index (χ0n) is 14.5. The highest BCUT2D eigenvalue weighted by molar-refractivity contribution is 7.09. The third-order valence-electron chi connectivity index (χ3n) is 3.31. The monoisotopic (exact) mass is 350 g/mol. The molecule has 7 heteroatoms. The fraction of sp³-hybridized carbons (Fsp3) is 0.529. The van der Waals surface area contributed by atoms with Gasteiger partial charge in [0.2, 0.25) is 0 Å². The molecule has 2 N–H and O–H groups in total. The lowest BCUT2D eigenvalue weighted by Gasteiger charge is -2.11. The molecule has 2 aromatic heterocycles. The maximum Gasteiger partial charge on any atom is 0.191 e. The van der Waals surface area contributed by atoms with Crippen LogP contribution in [0.15, 0.2) is 33.2 Å². The Balaban J connectivity index is 1.58. The molecule has 0 amide bonds. The van der Waals surface area contributed by atoms with E-state index in [1.807, 2.05) is 12.1 Å². The average Bonchev–Trinajstić information content (AvgIpc) is 3.25. The van der Waals surface area contributed by atoms with Gasteiger partial charge in [0, 0.05) is 31.5 Å². The van der Waals surface area contributed by atoms with Gasteiger partial charge in [0.1, 0.15) is 12.4 Å². The largest absolute Gasteiger partial charge is 0.467 e. The molecule has 6 nitrogen and oxygen atoms in total. The van der Waals surface area contributed by atoms with Crippen LogP contribution in [0.1, 0.15) is 42.6 Å². The highest BCUT2D eigenvalue weighted by atomic mass is 32.1. The van der Waals surface area contributed by atoms with Crippen LogP contribution in [0.3, 0.4) is 0 Å². The van der Waals surface area contributed by atoms with Gasteiger partial charge in [0.25, 0.3) is 0 Å². The second-order valence-corrected chi connectivity index (χ2v) is 6.56. The molecule has 0 aliphatic carbocycles. The van der Waals surface area contributed by atoms with Crippen LogP contribution in [0.5, 0.6) is 0 Å². The first-order chi connectivity index (χ1) is 11.7. The van der Waals surface area contributed by atoms with Gasteiger partial charge >= 0.3 is 0 Å². The molecule has 0 unspecified atom stereocenters. The minimum atomic E-state index is 0.474. The van der Waals surface area contributed by atoms with E-state index in [1.165, 1.54) is 5.01 Å². The number of aromatic nitrogens is 1. The van der Waals surface area contributed by atoms with Crippen molar-refractivity contribution in [3.05, 3.63) is 40.2 Å². The topological polar surface area (TPSA) is 71.7 Å². The molecule has 132 valence electrons. The number of hydrogen-bond donors (Lipinski definition) is 2. The molecular weight excluding hydrogens is 324 g/mol. The van der Waals surface area contributed by atoms with E-state index >= 15 is 0 Å².